The Morgan fingerprint density at radius 3 is 2.55 bits per heavy atom. The normalized spacial score (nSPS) is 25.5. The van der Waals surface area contributed by atoms with Crippen LogP contribution in [0.4, 0.5) is 4.39 Å². The summed E-state index contributed by atoms with van der Waals surface area (Å²) in [5.74, 6) is -0.429. The van der Waals surface area contributed by atoms with E-state index in [-0.39, 0.29) is 29.9 Å². The van der Waals surface area contributed by atoms with Gasteiger partial charge in [-0.1, -0.05) is 18.2 Å². The van der Waals surface area contributed by atoms with Crippen LogP contribution in [0.25, 0.3) is 0 Å². The van der Waals surface area contributed by atoms with E-state index < -0.39 is 5.60 Å². The second-order valence-electron chi connectivity index (χ2n) is 7.93. The number of rotatable bonds is 2. The zero-order valence-corrected chi connectivity index (χ0v) is 16.0. The molecular weight excluding hydrogens is 373 g/mol. The molecule has 4 heterocycles. The number of fused-ring (bicyclic) bond motifs is 1. The number of aromatic nitrogens is 1. The quantitative estimate of drug-likeness (QED) is 0.785. The Morgan fingerprint density at radius 2 is 1.86 bits per heavy atom. The Morgan fingerprint density at radius 1 is 1.10 bits per heavy atom. The smallest absolute Gasteiger partial charge is 0.257 e. The van der Waals surface area contributed by atoms with Crippen LogP contribution in [-0.2, 0) is 9.53 Å². The van der Waals surface area contributed by atoms with Crippen molar-refractivity contribution in [3.8, 4) is 0 Å². The van der Waals surface area contributed by atoms with Crippen LogP contribution in [0.15, 0.2) is 48.7 Å². The van der Waals surface area contributed by atoms with Crippen molar-refractivity contribution in [3.63, 3.8) is 0 Å². The van der Waals surface area contributed by atoms with Crippen molar-refractivity contribution >= 4 is 11.8 Å². The standard InChI is InChI=1S/C22H22FN3O3/c23-16-6-7-17(24-14-16)18-8-9-19-26(18)21(28)22(29-19)10-12-25(13-11-22)20(27)15-4-2-1-3-5-15/h1-7,14,18-19H,8-13H2. The molecule has 0 N–H and O–H groups in total. The van der Waals surface area contributed by atoms with Crippen LogP contribution in [0.2, 0.25) is 0 Å². The monoisotopic (exact) mass is 395 g/mol. The third-order valence-corrected chi connectivity index (χ3v) is 6.29. The second kappa shape index (κ2) is 6.91. The molecule has 29 heavy (non-hydrogen) atoms. The largest absolute Gasteiger partial charge is 0.342 e. The third-order valence-electron chi connectivity index (χ3n) is 6.29. The van der Waals surface area contributed by atoms with Crippen LogP contribution in [-0.4, -0.2) is 51.5 Å². The number of halogens is 1. The van der Waals surface area contributed by atoms with Gasteiger partial charge >= 0.3 is 0 Å². The van der Waals surface area contributed by atoms with Gasteiger partial charge < -0.3 is 14.5 Å². The minimum Gasteiger partial charge on any atom is -0.342 e. The number of hydrogen-bond donors (Lipinski definition) is 0. The summed E-state index contributed by atoms with van der Waals surface area (Å²) in [6.45, 7) is 0.971. The van der Waals surface area contributed by atoms with Crippen LogP contribution in [0.3, 0.4) is 0 Å². The first-order valence-electron chi connectivity index (χ1n) is 10.0. The van der Waals surface area contributed by atoms with Crippen molar-refractivity contribution in [1.29, 1.82) is 0 Å². The van der Waals surface area contributed by atoms with Gasteiger partial charge in [-0.2, -0.15) is 0 Å². The fraction of sp³-hybridized carbons (Fsp3) is 0.409. The van der Waals surface area contributed by atoms with Gasteiger partial charge in [0, 0.05) is 31.5 Å². The van der Waals surface area contributed by atoms with E-state index >= 15 is 0 Å². The van der Waals surface area contributed by atoms with Crippen LogP contribution < -0.4 is 0 Å². The minimum absolute atomic E-state index is 0.0141. The van der Waals surface area contributed by atoms with Crippen LogP contribution in [0.5, 0.6) is 0 Å². The molecule has 0 radical (unpaired) electrons. The molecule has 2 aromatic rings. The molecular formula is C22H22FN3O3. The zero-order valence-electron chi connectivity index (χ0n) is 16.0. The number of carbonyl (C=O) groups is 2. The first kappa shape index (κ1) is 18.2. The Kier molecular flexibility index (Phi) is 4.35. The number of hydrogen-bond acceptors (Lipinski definition) is 4. The van der Waals surface area contributed by atoms with E-state index in [0.717, 1.165) is 12.8 Å². The predicted molar refractivity (Wildman–Crippen MR) is 102 cm³/mol. The summed E-state index contributed by atoms with van der Waals surface area (Å²) in [7, 11) is 0. The summed E-state index contributed by atoms with van der Waals surface area (Å²) >= 11 is 0. The van der Waals surface area contributed by atoms with E-state index in [1.54, 1.807) is 28.0 Å². The van der Waals surface area contributed by atoms with E-state index in [9.17, 15) is 14.0 Å². The molecule has 1 aromatic heterocycles. The van der Waals surface area contributed by atoms with Crippen LogP contribution in [0, 0.1) is 5.82 Å². The van der Waals surface area contributed by atoms with E-state index in [1.807, 2.05) is 18.2 Å². The average Bonchev–Trinajstić information content (AvgIpc) is 3.28. The van der Waals surface area contributed by atoms with E-state index in [1.165, 1.54) is 12.3 Å². The molecule has 3 aliphatic heterocycles. The van der Waals surface area contributed by atoms with Crippen molar-refractivity contribution < 1.29 is 18.7 Å². The molecule has 0 saturated carbocycles. The highest BCUT2D eigenvalue weighted by molar-refractivity contribution is 5.95. The summed E-state index contributed by atoms with van der Waals surface area (Å²) in [5.41, 5.74) is 0.487. The van der Waals surface area contributed by atoms with Crippen molar-refractivity contribution in [3.05, 3.63) is 65.7 Å². The lowest BCUT2D eigenvalue weighted by Crippen LogP contribution is -2.51. The van der Waals surface area contributed by atoms with Gasteiger partial charge in [-0.15, -0.1) is 0 Å². The maximum Gasteiger partial charge on any atom is 0.257 e. The van der Waals surface area contributed by atoms with Gasteiger partial charge in [-0.3, -0.25) is 14.6 Å². The maximum absolute atomic E-state index is 13.4. The van der Waals surface area contributed by atoms with Gasteiger partial charge in [0.05, 0.1) is 17.9 Å². The van der Waals surface area contributed by atoms with Gasteiger partial charge in [-0.25, -0.2) is 4.39 Å². The Labute approximate surface area is 168 Å². The highest BCUT2D eigenvalue weighted by atomic mass is 19.1. The van der Waals surface area contributed by atoms with Crippen molar-refractivity contribution in [2.75, 3.05) is 13.1 Å². The maximum atomic E-state index is 13.4. The molecule has 0 aliphatic carbocycles. The Hall–Kier alpha value is -2.80. The lowest BCUT2D eigenvalue weighted by molar-refractivity contribution is -0.142. The molecule has 6 nitrogen and oxygen atoms in total. The molecule has 1 aromatic carbocycles. The summed E-state index contributed by atoms with van der Waals surface area (Å²) < 4.78 is 19.5. The van der Waals surface area contributed by atoms with Crippen molar-refractivity contribution in [1.82, 2.24) is 14.8 Å². The minimum atomic E-state index is -0.864. The number of nitrogens with zero attached hydrogens (tertiary/aromatic N) is 3. The van der Waals surface area contributed by atoms with E-state index in [2.05, 4.69) is 4.98 Å². The number of carbonyl (C=O) groups excluding carboxylic acids is 2. The molecule has 2 atom stereocenters. The number of piperidine rings is 1. The third kappa shape index (κ3) is 3.00. The van der Waals surface area contributed by atoms with E-state index in [0.29, 0.717) is 37.2 Å². The Bertz CT molecular complexity index is 926. The summed E-state index contributed by atoms with van der Waals surface area (Å²) in [5, 5.41) is 0. The summed E-state index contributed by atoms with van der Waals surface area (Å²) in [6.07, 6.45) is 3.39. The molecule has 5 rings (SSSR count). The topological polar surface area (TPSA) is 62.7 Å². The highest BCUT2D eigenvalue weighted by Gasteiger charge is 2.58. The van der Waals surface area contributed by atoms with Gasteiger partial charge in [-0.05, 0) is 37.1 Å². The lowest BCUT2D eigenvalue weighted by atomic mass is 9.89. The highest BCUT2D eigenvalue weighted by Crippen LogP contribution is 2.47. The van der Waals surface area contributed by atoms with Crippen molar-refractivity contribution in [2.24, 2.45) is 0 Å². The van der Waals surface area contributed by atoms with Crippen LogP contribution in [0.1, 0.15) is 47.8 Å². The average molecular weight is 395 g/mol. The molecule has 3 aliphatic rings. The van der Waals surface area contributed by atoms with Gasteiger partial charge in [0.15, 0.2) is 5.60 Å². The number of pyridine rings is 1. The Balaban J connectivity index is 1.30. The van der Waals surface area contributed by atoms with Crippen LogP contribution >= 0.6 is 0 Å². The number of benzene rings is 1. The first-order valence-corrected chi connectivity index (χ1v) is 10.0. The van der Waals surface area contributed by atoms with Gasteiger partial charge in [0.2, 0.25) is 0 Å². The second-order valence-corrected chi connectivity index (χ2v) is 7.93. The number of amides is 2. The van der Waals surface area contributed by atoms with Gasteiger partial charge in [0.25, 0.3) is 11.8 Å². The molecule has 1 spiro atoms. The number of likely N-dealkylation sites (tertiary alicyclic amines) is 1. The SMILES string of the molecule is O=C(c1ccccc1)N1CCC2(CC1)OC1CCC(c3ccc(F)cn3)N1C2=O. The molecule has 2 amide bonds. The first-order chi connectivity index (χ1) is 14.1. The predicted octanol–water partition coefficient (Wildman–Crippen LogP) is 2.92. The molecule has 7 heteroatoms. The molecule has 2 unspecified atom stereocenters. The fourth-order valence-electron chi connectivity index (χ4n) is 4.75. The molecule has 0 bridgehead atoms. The molecule has 3 fully saturated rings. The summed E-state index contributed by atoms with van der Waals surface area (Å²) in [4.78, 5) is 33.8. The summed E-state index contributed by atoms with van der Waals surface area (Å²) in [6, 6.07) is 12.0. The fourth-order valence-corrected chi connectivity index (χ4v) is 4.75. The molecule has 3 saturated heterocycles. The lowest BCUT2D eigenvalue weighted by Gasteiger charge is -2.37. The molecule has 150 valence electrons. The zero-order chi connectivity index (χ0) is 20.0. The van der Waals surface area contributed by atoms with Gasteiger partial charge in [0.1, 0.15) is 12.0 Å². The number of ether oxygens (including phenoxy) is 1. The van der Waals surface area contributed by atoms with E-state index in [4.69, 9.17) is 4.74 Å². The van der Waals surface area contributed by atoms with Crippen molar-refractivity contribution in [2.45, 2.75) is 43.6 Å².